The molecule has 0 spiro atoms. The summed E-state index contributed by atoms with van der Waals surface area (Å²) in [7, 11) is 0. The van der Waals surface area contributed by atoms with Gasteiger partial charge in [-0.05, 0) is 17.5 Å². The van der Waals surface area contributed by atoms with Gasteiger partial charge >= 0.3 is 0 Å². The lowest BCUT2D eigenvalue weighted by molar-refractivity contribution is -0.119. The Hall–Kier alpha value is -1.84. The average Bonchev–Trinajstić information content (AvgIpc) is 2.56. The summed E-state index contributed by atoms with van der Waals surface area (Å²) >= 11 is 0. The second-order valence-corrected chi connectivity index (χ2v) is 4.37. The van der Waals surface area contributed by atoms with Crippen LogP contribution in [0.2, 0.25) is 0 Å². The molecule has 0 saturated carbocycles. The van der Waals surface area contributed by atoms with Gasteiger partial charge in [0, 0.05) is 13.8 Å². The van der Waals surface area contributed by atoms with E-state index in [4.69, 9.17) is 0 Å². The molecule has 2 amide bonds. The molecule has 4 heteroatoms. The lowest BCUT2D eigenvalue weighted by atomic mass is 10.1. The smallest absolute Gasteiger partial charge is 0.217 e. The van der Waals surface area contributed by atoms with E-state index >= 15 is 0 Å². The van der Waals surface area contributed by atoms with E-state index in [0.717, 1.165) is 17.5 Å². The van der Waals surface area contributed by atoms with Crippen LogP contribution < -0.4 is 10.6 Å². The summed E-state index contributed by atoms with van der Waals surface area (Å²) in [4.78, 5) is 22.3. The molecule has 2 N–H and O–H groups in total. The number of benzene rings is 1. The maximum atomic E-state index is 11.1. The zero-order chi connectivity index (χ0) is 12.4. The number of rotatable bonds is 2. The van der Waals surface area contributed by atoms with Crippen LogP contribution in [0.15, 0.2) is 24.3 Å². The van der Waals surface area contributed by atoms with Crippen molar-refractivity contribution in [1.29, 1.82) is 0 Å². The molecule has 1 aliphatic carbocycles. The number of fused-ring (bicyclic) bond motifs is 1. The molecule has 2 atom stereocenters. The van der Waals surface area contributed by atoms with E-state index in [2.05, 4.69) is 10.6 Å². The van der Waals surface area contributed by atoms with Crippen LogP contribution in [-0.2, 0) is 9.59 Å². The van der Waals surface area contributed by atoms with Crippen molar-refractivity contribution in [3.8, 4) is 0 Å². The van der Waals surface area contributed by atoms with Gasteiger partial charge in [-0.3, -0.25) is 9.59 Å². The molecule has 4 nitrogen and oxygen atoms in total. The standard InChI is InChI=1S/C13H16N2O2/c1-8(16)14-12-7-13(15-9(2)17)11-6-4-3-5-10(11)12/h3-6,12-13H,7H2,1-2H3,(H,14,16)(H,15,17)/t12-,13+. The minimum atomic E-state index is -0.0479. The van der Waals surface area contributed by atoms with Crippen LogP contribution in [-0.4, -0.2) is 11.8 Å². The van der Waals surface area contributed by atoms with E-state index in [-0.39, 0.29) is 23.9 Å². The number of carbonyl (C=O) groups is 2. The normalized spacial score (nSPS) is 21.8. The van der Waals surface area contributed by atoms with Crippen molar-refractivity contribution in [3.63, 3.8) is 0 Å². The van der Waals surface area contributed by atoms with E-state index in [1.165, 1.54) is 13.8 Å². The van der Waals surface area contributed by atoms with Gasteiger partial charge in [-0.15, -0.1) is 0 Å². The Balaban J connectivity index is 2.26. The molecule has 0 bridgehead atoms. The zero-order valence-corrected chi connectivity index (χ0v) is 9.99. The van der Waals surface area contributed by atoms with Crippen molar-refractivity contribution in [3.05, 3.63) is 35.4 Å². The van der Waals surface area contributed by atoms with Gasteiger partial charge in [-0.25, -0.2) is 0 Å². The molecule has 0 aliphatic heterocycles. The molecule has 0 radical (unpaired) electrons. The first kappa shape index (κ1) is 11.6. The van der Waals surface area contributed by atoms with Crippen molar-refractivity contribution in [2.24, 2.45) is 0 Å². The molecule has 0 aromatic heterocycles. The van der Waals surface area contributed by atoms with Crippen LogP contribution in [0.1, 0.15) is 43.5 Å². The number of amides is 2. The van der Waals surface area contributed by atoms with Crippen LogP contribution in [0.5, 0.6) is 0 Å². The van der Waals surface area contributed by atoms with Gasteiger partial charge in [0.05, 0.1) is 12.1 Å². The van der Waals surface area contributed by atoms with Gasteiger partial charge in [0.15, 0.2) is 0 Å². The molecule has 2 rings (SSSR count). The van der Waals surface area contributed by atoms with E-state index in [9.17, 15) is 9.59 Å². The Labute approximate surface area is 100 Å². The highest BCUT2D eigenvalue weighted by molar-refractivity contribution is 5.75. The van der Waals surface area contributed by atoms with Gasteiger partial charge in [0.25, 0.3) is 0 Å². The summed E-state index contributed by atoms with van der Waals surface area (Å²) in [5.74, 6) is -0.0958. The molecule has 0 unspecified atom stereocenters. The fourth-order valence-corrected chi connectivity index (χ4v) is 2.40. The monoisotopic (exact) mass is 232 g/mol. The quantitative estimate of drug-likeness (QED) is 0.810. The Morgan fingerprint density at radius 2 is 1.41 bits per heavy atom. The fraction of sp³-hybridized carbons (Fsp3) is 0.385. The Bertz CT molecular complexity index is 415. The summed E-state index contributed by atoms with van der Waals surface area (Å²) < 4.78 is 0. The molecule has 1 aromatic rings. The number of carbonyl (C=O) groups excluding carboxylic acids is 2. The van der Waals surface area contributed by atoms with Gasteiger partial charge in [0.2, 0.25) is 11.8 Å². The summed E-state index contributed by atoms with van der Waals surface area (Å²) in [6.07, 6.45) is 0.721. The molecule has 90 valence electrons. The van der Waals surface area contributed by atoms with Crippen molar-refractivity contribution >= 4 is 11.8 Å². The van der Waals surface area contributed by atoms with Crippen LogP contribution >= 0.6 is 0 Å². The Morgan fingerprint density at radius 1 is 1.00 bits per heavy atom. The first-order chi connectivity index (χ1) is 8.08. The first-order valence-electron chi connectivity index (χ1n) is 5.71. The van der Waals surface area contributed by atoms with Crippen LogP contribution in [0, 0.1) is 0 Å². The molecule has 1 aromatic carbocycles. The van der Waals surface area contributed by atoms with Gasteiger partial charge < -0.3 is 10.6 Å². The number of hydrogen-bond acceptors (Lipinski definition) is 2. The molecular formula is C13H16N2O2. The van der Waals surface area contributed by atoms with Crippen LogP contribution in [0.4, 0.5) is 0 Å². The highest BCUT2D eigenvalue weighted by atomic mass is 16.2. The summed E-state index contributed by atoms with van der Waals surface area (Å²) in [5.41, 5.74) is 2.20. The molecule has 17 heavy (non-hydrogen) atoms. The van der Waals surface area contributed by atoms with Crippen LogP contribution in [0.25, 0.3) is 0 Å². The highest BCUT2D eigenvalue weighted by Gasteiger charge is 2.31. The van der Waals surface area contributed by atoms with Gasteiger partial charge in [-0.2, -0.15) is 0 Å². The largest absolute Gasteiger partial charge is 0.349 e. The maximum Gasteiger partial charge on any atom is 0.217 e. The Morgan fingerprint density at radius 3 is 1.76 bits per heavy atom. The van der Waals surface area contributed by atoms with Crippen molar-refractivity contribution in [2.45, 2.75) is 32.4 Å². The topological polar surface area (TPSA) is 58.2 Å². The third-order valence-corrected chi connectivity index (χ3v) is 2.97. The van der Waals surface area contributed by atoms with E-state index in [1.54, 1.807) is 0 Å². The SMILES string of the molecule is CC(=O)N[C@H]1C[C@@H](NC(C)=O)c2ccccc21. The highest BCUT2D eigenvalue weighted by Crippen LogP contribution is 2.38. The lowest BCUT2D eigenvalue weighted by Gasteiger charge is -2.13. The number of hydrogen-bond donors (Lipinski definition) is 2. The van der Waals surface area contributed by atoms with E-state index < -0.39 is 0 Å². The second kappa shape index (κ2) is 4.57. The Kier molecular flexibility index (Phi) is 3.13. The molecule has 0 saturated heterocycles. The molecule has 0 fully saturated rings. The third-order valence-electron chi connectivity index (χ3n) is 2.97. The lowest BCUT2D eigenvalue weighted by Crippen LogP contribution is -2.27. The molecular weight excluding hydrogens is 216 g/mol. The van der Waals surface area contributed by atoms with E-state index in [0.29, 0.717) is 0 Å². The fourth-order valence-electron chi connectivity index (χ4n) is 2.40. The van der Waals surface area contributed by atoms with Crippen LogP contribution in [0.3, 0.4) is 0 Å². The molecule has 1 aliphatic rings. The summed E-state index contributed by atoms with van der Waals surface area (Å²) in [5, 5.41) is 5.82. The first-order valence-corrected chi connectivity index (χ1v) is 5.71. The van der Waals surface area contributed by atoms with Gasteiger partial charge in [0.1, 0.15) is 0 Å². The van der Waals surface area contributed by atoms with Gasteiger partial charge in [-0.1, -0.05) is 24.3 Å². The predicted octanol–water partition coefficient (Wildman–Crippen LogP) is 1.44. The van der Waals surface area contributed by atoms with E-state index in [1.807, 2.05) is 24.3 Å². The van der Waals surface area contributed by atoms with Crippen molar-refractivity contribution < 1.29 is 9.59 Å². The average molecular weight is 232 g/mol. The maximum absolute atomic E-state index is 11.1. The summed E-state index contributed by atoms with van der Waals surface area (Å²) in [6.45, 7) is 3.02. The number of nitrogens with one attached hydrogen (secondary N) is 2. The minimum Gasteiger partial charge on any atom is -0.349 e. The second-order valence-electron chi connectivity index (χ2n) is 4.37. The molecule has 0 heterocycles. The zero-order valence-electron chi connectivity index (χ0n) is 9.99. The van der Waals surface area contributed by atoms with Crippen molar-refractivity contribution in [2.75, 3.05) is 0 Å². The summed E-state index contributed by atoms with van der Waals surface area (Å²) in [6, 6.07) is 7.89. The third kappa shape index (κ3) is 2.46. The van der Waals surface area contributed by atoms with Crippen molar-refractivity contribution in [1.82, 2.24) is 10.6 Å². The predicted molar refractivity (Wildman–Crippen MR) is 64.2 cm³/mol. The minimum absolute atomic E-state index is 0.000509.